The van der Waals surface area contributed by atoms with Crippen molar-refractivity contribution in [3.63, 3.8) is 0 Å². The molecule has 12 heavy (non-hydrogen) atoms. The van der Waals surface area contributed by atoms with Crippen molar-refractivity contribution in [1.82, 2.24) is 0 Å². The average molecular weight is 174 g/mol. The molecular weight excluding hydrogens is 156 g/mol. The Labute approximate surface area is 73.7 Å². The first-order valence-corrected chi connectivity index (χ1v) is 4.10. The fourth-order valence-electron chi connectivity index (χ4n) is 0.632. The van der Waals surface area contributed by atoms with Crippen molar-refractivity contribution in [2.24, 2.45) is 0 Å². The molecule has 0 fully saturated rings. The van der Waals surface area contributed by atoms with Crippen molar-refractivity contribution in [3.05, 3.63) is 12.7 Å². The van der Waals surface area contributed by atoms with E-state index >= 15 is 0 Å². The first kappa shape index (κ1) is 11.6. The SMILES string of the molecule is C=C[C@](C)(CO)OCCC(C)O. The van der Waals surface area contributed by atoms with Crippen LogP contribution in [0.25, 0.3) is 0 Å². The molecule has 0 aromatic rings. The van der Waals surface area contributed by atoms with E-state index in [0.717, 1.165) is 0 Å². The van der Waals surface area contributed by atoms with Gasteiger partial charge in [-0.2, -0.15) is 0 Å². The molecule has 0 saturated carbocycles. The van der Waals surface area contributed by atoms with E-state index in [4.69, 9.17) is 14.9 Å². The third kappa shape index (κ3) is 4.49. The summed E-state index contributed by atoms with van der Waals surface area (Å²) in [6.45, 7) is 7.35. The number of ether oxygens (including phenoxy) is 1. The zero-order valence-electron chi connectivity index (χ0n) is 7.79. The highest BCUT2D eigenvalue weighted by Gasteiger charge is 2.18. The molecule has 2 N–H and O–H groups in total. The maximum Gasteiger partial charge on any atom is 0.106 e. The summed E-state index contributed by atoms with van der Waals surface area (Å²) in [7, 11) is 0. The Morgan fingerprint density at radius 1 is 1.67 bits per heavy atom. The largest absolute Gasteiger partial charge is 0.393 e. The minimum Gasteiger partial charge on any atom is -0.393 e. The molecule has 2 atom stereocenters. The van der Waals surface area contributed by atoms with Crippen molar-refractivity contribution in [3.8, 4) is 0 Å². The maximum absolute atomic E-state index is 8.93. The van der Waals surface area contributed by atoms with Gasteiger partial charge in [0.25, 0.3) is 0 Å². The Bertz CT molecular complexity index is 134. The Balaban J connectivity index is 3.66. The predicted octanol–water partition coefficient (Wildman–Crippen LogP) is 0.711. The standard InChI is InChI=1S/C9H18O3/c1-4-9(3,7-10)12-6-5-8(2)11/h4,8,10-11H,1,5-7H2,2-3H3/t8?,9-/m1/s1. The third-order valence-corrected chi connectivity index (χ3v) is 1.71. The van der Waals surface area contributed by atoms with Crippen molar-refractivity contribution in [1.29, 1.82) is 0 Å². The van der Waals surface area contributed by atoms with Gasteiger partial charge in [0.05, 0.1) is 19.3 Å². The van der Waals surface area contributed by atoms with Crippen LogP contribution in [0, 0.1) is 0 Å². The molecule has 0 saturated heterocycles. The topological polar surface area (TPSA) is 49.7 Å². The van der Waals surface area contributed by atoms with E-state index in [1.54, 1.807) is 19.9 Å². The average Bonchev–Trinajstić information content (AvgIpc) is 2.03. The molecule has 0 heterocycles. The fraction of sp³-hybridized carbons (Fsp3) is 0.778. The maximum atomic E-state index is 8.93. The van der Waals surface area contributed by atoms with Gasteiger partial charge < -0.3 is 14.9 Å². The van der Waals surface area contributed by atoms with E-state index < -0.39 is 5.60 Å². The van der Waals surface area contributed by atoms with Crippen molar-refractivity contribution < 1.29 is 14.9 Å². The predicted molar refractivity (Wildman–Crippen MR) is 47.9 cm³/mol. The van der Waals surface area contributed by atoms with Crippen molar-refractivity contribution in [2.45, 2.75) is 32.0 Å². The molecule has 0 aromatic carbocycles. The highest BCUT2D eigenvalue weighted by atomic mass is 16.5. The number of aliphatic hydroxyl groups excluding tert-OH is 2. The van der Waals surface area contributed by atoms with Gasteiger partial charge in [0, 0.05) is 0 Å². The lowest BCUT2D eigenvalue weighted by Crippen LogP contribution is -2.31. The second-order valence-electron chi connectivity index (χ2n) is 3.16. The highest BCUT2D eigenvalue weighted by Crippen LogP contribution is 2.10. The Hall–Kier alpha value is -0.380. The third-order valence-electron chi connectivity index (χ3n) is 1.71. The van der Waals surface area contributed by atoms with Crippen LogP contribution < -0.4 is 0 Å². The monoisotopic (exact) mass is 174 g/mol. The highest BCUT2D eigenvalue weighted by molar-refractivity contribution is 4.93. The zero-order valence-corrected chi connectivity index (χ0v) is 7.79. The number of hydrogen-bond acceptors (Lipinski definition) is 3. The van der Waals surface area contributed by atoms with Gasteiger partial charge in [-0.1, -0.05) is 6.08 Å². The molecule has 0 amide bonds. The van der Waals surface area contributed by atoms with E-state index in [0.29, 0.717) is 13.0 Å². The molecular formula is C9H18O3. The van der Waals surface area contributed by atoms with Gasteiger partial charge in [0.15, 0.2) is 0 Å². The van der Waals surface area contributed by atoms with E-state index in [1.165, 1.54) is 0 Å². The molecule has 0 spiro atoms. The lowest BCUT2D eigenvalue weighted by molar-refractivity contribution is -0.0414. The molecule has 0 aliphatic heterocycles. The van der Waals surface area contributed by atoms with Gasteiger partial charge in [-0.25, -0.2) is 0 Å². The number of hydrogen-bond donors (Lipinski definition) is 2. The van der Waals surface area contributed by atoms with E-state index in [9.17, 15) is 0 Å². The van der Waals surface area contributed by atoms with E-state index in [1.807, 2.05) is 0 Å². The molecule has 1 unspecified atom stereocenters. The van der Waals surface area contributed by atoms with Gasteiger partial charge in [0.1, 0.15) is 5.60 Å². The molecule has 0 aliphatic rings. The van der Waals surface area contributed by atoms with Crippen LogP contribution in [0.4, 0.5) is 0 Å². The first-order chi connectivity index (χ1) is 5.54. The quantitative estimate of drug-likeness (QED) is 0.583. The van der Waals surface area contributed by atoms with Crippen LogP contribution in [0.1, 0.15) is 20.3 Å². The van der Waals surface area contributed by atoms with Crippen LogP contribution in [0.5, 0.6) is 0 Å². The molecule has 0 radical (unpaired) electrons. The molecule has 3 heteroatoms. The zero-order chi connectivity index (χ0) is 9.61. The van der Waals surface area contributed by atoms with Gasteiger partial charge in [-0.3, -0.25) is 0 Å². The summed E-state index contributed by atoms with van der Waals surface area (Å²) < 4.78 is 5.31. The van der Waals surface area contributed by atoms with E-state index in [-0.39, 0.29) is 12.7 Å². The lowest BCUT2D eigenvalue weighted by atomic mass is 10.1. The van der Waals surface area contributed by atoms with Gasteiger partial charge in [-0.15, -0.1) is 6.58 Å². The molecule has 72 valence electrons. The van der Waals surface area contributed by atoms with Crippen molar-refractivity contribution >= 4 is 0 Å². The molecule has 0 rings (SSSR count). The summed E-state index contributed by atoms with van der Waals surface area (Å²) in [4.78, 5) is 0. The molecule has 3 nitrogen and oxygen atoms in total. The lowest BCUT2D eigenvalue weighted by Gasteiger charge is -2.23. The normalized spacial score (nSPS) is 18.3. The van der Waals surface area contributed by atoms with Crippen molar-refractivity contribution in [2.75, 3.05) is 13.2 Å². The Morgan fingerprint density at radius 2 is 2.25 bits per heavy atom. The molecule has 0 aromatic heterocycles. The minimum absolute atomic E-state index is 0.0870. The summed E-state index contributed by atoms with van der Waals surface area (Å²) in [5.74, 6) is 0. The van der Waals surface area contributed by atoms with Gasteiger partial charge in [0.2, 0.25) is 0 Å². The van der Waals surface area contributed by atoms with Gasteiger partial charge >= 0.3 is 0 Å². The number of rotatable bonds is 6. The fourth-order valence-corrected chi connectivity index (χ4v) is 0.632. The molecule has 0 aliphatic carbocycles. The number of aliphatic hydroxyl groups is 2. The minimum atomic E-state index is -0.672. The second-order valence-corrected chi connectivity index (χ2v) is 3.16. The van der Waals surface area contributed by atoms with Crippen LogP contribution in [0.2, 0.25) is 0 Å². The summed E-state index contributed by atoms with van der Waals surface area (Å²) in [6, 6.07) is 0. The van der Waals surface area contributed by atoms with Gasteiger partial charge in [-0.05, 0) is 20.3 Å². The van der Waals surface area contributed by atoms with Crippen LogP contribution in [0.3, 0.4) is 0 Å². The summed E-state index contributed by atoms with van der Waals surface area (Å²) in [5.41, 5.74) is -0.672. The molecule has 0 bridgehead atoms. The van der Waals surface area contributed by atoms with Crippen LogP contribution in [0.15, 0.2) is 12.7 Å². The second kappa shape index (κ2) is 5.30. The Kier molecular flexibility index (Phi) is 5.13. The van der Waals surface area contributed by atoms with E-state index in [2.05, 4.69) is 6.58 Å². The summed E-state index contributed by atoms with van der Waals surface area (Å²) in [6.07, 6.45) is 1.77. The van der Waals surface area contributed by atoms with Crippen LogP contribution >= 0.6 is 0 Å². The summed E-state index contributed by atoms with van der Waals surface area (Å²) >= 11 is 0. The Morgan fingerprint density at radius 3 is 2.58 bits per heavy atom. The summed E-state index contributed by atoms with van der Waals surface area (Å²) in [5, 5.41) is 17.8. The smallest absolute Gasteiger partial charge is 0.106 e. The van der Waals surface area contributed by atoms with Crippen LogP contribution in [-0.2, 0) is 4.74 Å². The first-order valence-electron chi connectivity index (χ1n) is 4.10. The van der Waals surface area contributed by atoms with Crippen LogP contribution in [-0.4, -0.2) is 35.1 Å².